The minimum atomic E-state index is -0.210. The van der Waals surface area contributed by atoms with Crippen molar-refractivity contribution in [1.29, 1.82) is 0 Å². The van der Waals surface area contributed by atoms with Crippen molar-refractivity contribution in [1.82, 2.24) is 15.5 Å². The van der Waals surface area contributed by atoms with Crippen LogP contribution in [-0.2, 0) is 13.2 Å². The summed E-state index contributed by atoms with van der Waals surface area (Å²) in [6.45, 7) is 0.402. The Bertz CT molecular complexity index is 856. The number of aliphatic hydroxyl groups excluding tert-OH is 1. The molecule has 0 saturated heterocycles. The van der Waals surface area contributed by atoms with Gasteiger partial charge in [0.15, 0.2) is 0 Å². The second-order valence-electron chi connectivity index (χ2n) is 5.55. The van der Waals surface area contributed by atoms with Crippen LogP contribution in [0.5, 0.6) is 5.75 Å². The number of hydrogen-bond donors (Lipinski definition) is 3. The third kappa shape index (κ3) is 3.87. The number of carbonyl (C=O) groups excluding carboxylic acids is 1. The highest BCUT2D eigenvalue weighted by molar-refractivity contribution is 5.99. The molecule has 1 amide bonds. The number of aromatic nitrogens is 2. The summed E-state index contributed by atoms with van der Waals surface area (Å²) in [5.41, 5.74) is 3.74. The summed E-state index contributed by atoms with van der Waals surface area (Å²) in [6, 6.07) is 14.9. The van der Waals surface area contributed by atoms with Crippen molar-refractivity contribution in [3.05, 3.63) is 71.4 Å². The summed E-state index contributed by atoms with van der Waals surface area (Å²) in [5, 5.41) is 18.8. The smallest absolute Gasteiger partial charge is 0.255 e. The third-order valence-electron chi connectivity index (χ3n) is 3.90. The number of nitrogens with zero attached hydrogens (tertiary/aromatic N) is 1. The molecule has 1 heterocycles. The van der Waals surface area contributed by atoms with E-state index in [0.717, 1.165) is 16.7 Å². The monoisotopic (exact) mass is 337 g/mol. The first-order chi connectivity index (χ1) is 12.2. The van der Waals surface area contributed by atoms with Crippen LogP contribution in [0.4, 0.5) is 0 Å². The zero-order valence-electron chi connectivity index (χ0n) is 13.8. The summed E-state index contributed by atoms with van der Waals surface area (Å²) < 4.78 is 5.22. The van der Waals surface area contributed by atoms with Gasteiger partial charge in [0.1, 0.15) is 5.75 Å². The highest BCUT2D eigenvalue weighted by Crippen LogP contribution is 2.25. The van der Waals surface area contributed by atoms with E-state index in [1.807, 2.05) is 48.5 Å². The fraction of sp³-hybridized carbons (Fsp3) is 0.158. The Labute approximate surface area is 145 Å². The number of aromatic amines is 1. The van der Waals surface area contributed by atoms with E-state index >= 15 is 0 Å². The van der Waals surface area contributed by atoms with Gasteiger partial charge in [-0.3, -0.25) is 9.89 Å². The number of aliphatic hydroxyl groups is 1. The second-order valence-corrected chi connectivity index (χ2v) is 5.55. The molecule has 0 spiro atoms. The highest BCUT2D eigenvalue weighted by atomic mass is 16.5. The number of H-pyrrole nitrogens is 1. The zero-order valence-corrected chi connectivity index (χ0v) is 13.8. The lowest BCUT2D eigenvalue weighted by Gasteiger charge is -2.08. The SMILES string of the molecule is COc1cccc(-c2[nH]ncc2C(=O)NCc2ccc(CO)cc2)c1. The Morgan fingerprint density at radius 2 is 1.96 bits per heavy atom. The highest BCUT2D eigenvalue weighted by Gasteiger charge is 2.15. The van der Waals surface area contributed by atoms with Crippen molar-refractivity contribution in [2.45, 2.75) is 13.2 Å². The summed E-state index contributed by atoms with van der Waals surface area (Å²) in [7, 11) is 1.60. The van der Waals surface area contributed by atoms with Gasteiger partial charge in [-0.05, 0) is 23.3 Å². The topological polar surface area (TPSA) is 87.2 Å². The van der Waals surface area contributed by atoms with Crippen LogP contribution < -0.4 is 10.1 Å². The Hall–Kier alpha value is -3.12. The van der Waals surface area contributed by atoms with Crippen LogP contribution in [0.15, 0.2) is 54.7 Å². The van der Waals surface area contributed by atoms with E-state index in [1.165, 1.54) is 6.20 Å². The quantitative estimate of drug-likeness (QED) is 0.645. The Morgan fingerprint density at radius 3 is 2.68 bits per heavy atom. The van der Waals surface area contributed by atoms with E-state index in [2.05, 4.69) is 15.5 Å². The molecule has 2 aromatic carbocycles. The van der Waals surface area contributed by atoms with Gasteiger partial charge < -0.3 is 15.2 Å². The molecule has 0 fully saturated rings. The first kappa shape index (κ1) is 16.7. The van der Waals surface area contributed by atoms with Gasteiger partial charge in [-0.1, -0.05) is 36.4 Å². The van der Waals surface area contributed by atoms with Crippen LogP contribution in [0.1, 0.15) is 21.5 Å². The van der Waals surface area contributed by atoms with Gasteiger partial charge in [-0.15, -0.1) is 0 Å². The van der Waals surface area contributed by atoms with Crippen LogP contribution in [0, 0.1) is 0 Å². The first-order valence-corrected chi connectivity index (χ1v) is 7.86. The third-order valence-corrected chi connectivity index (χ3v) is 3.90. The number of benzene rings is 2. The molecule has 3 N–H and O–H groups in total. The zero-order chi connectivity index (χ0) is 17.6. The van der Waals surface area contributed by atoms with E-state index < -0.39 is 0 Å². The standard InChI is InChI=1S/C19H19N3O3/c1-25-16-4-2-3-15(9-16)18-17(11-21-22-18)19(24)20-10-13-5-7-14(12-23)8-6-13/h2-9,11,23H,10,12H2,1H3,(H,20,24)(H,21,22). The average Bonchev–Trinajstić information content (AvgIpc) is 3.16. The Morgan fingerprint density at radius 1 is 1.20 bits per heavy atom. The maximum absolute atomic E-state index is 12.5. The van der Waals surface area contributed by atoms with Crippen LogP contribution in [-0.4, -0.2) is 28.3 Å². The molecule has 0 atom stereocenters. The van der Waals surface area contributed by atoms with Crippen LogP contribution >= 0.6 is 0 Å². The predicted octanol–water partition coefficient (Wildman–Crippen LogP) is 2.51. The van der Waals surface area contributed by atoms with Gasteiger partial charge in [0.2, 0.25) is 0 Å². The summed E-state index contributed by atoms with van der Waals surface area (Å²) >= 11 is 0. The largest absolute Gasteiger partial charge is 0.497 e. The van der Waals surface area contributed by atoms with Crippen molar-refractivity contribution in [3.8, 4) is 17.0 Å². The number of nitrogens with one attached hydrogen (secondary N) is 2. The number of methoxy groups -OCH3 is 1. The van der Waals surface area contributed by atoms with E-state index in [4.69, 9.17) is 9.84 Å². The van der Waals surface area contributed by atoms with E-state index in [0.29, 0.717) is 23.6 Å². The molecule has 1 aromatic heterocycles. The number of ether oxygens (including phenoxy) is 1. The van der Waals surface area contributed by atoms with Gasteiger partial charge in [0.25, 0.3) is 5.91 Å². The van der Waals surface area contributed by atoms with E-state index in [1.54, 1.807) is 7.11 Å². The van der Waals surface area contributed by atoms with E-state index in [-0.39, 0.29) is 12.5 Å². The molecule has 0 aliphatic rings. The number of carbonyl (C=O) groups is 1. The minimum Gasteiger partial charge on any atom is -0.497 e. The molecular weight excluding hydrogens is 318 g/mol. The molecule has 0 aliphatic heterocycles. The van der Waals surface area contributed by atoms with Crippen LogP contribution in [0.3, 0.4) is 0 Å². The van der Waals surface area contributed by atoms with Crippen molar-refractivity contribution in [2.75, 3.05) is 7.11 Å². The molecule has 0 saturated carbocycles. The lowest BCUT2D eigenvalue weighted by atomic mass is 10.1. The van der Waals surface area contributed by atoms with Crippen molar-refractivity contribution in [2.24, 2.45) is 0 Å². The fourth-order valence-corrected chi connectivity index (χ4v) is 2.50. The van der Waals surface area contributed by atoms with Gasteiger partial charge in [-0.2, -0.15) is 5.10 Å². The second kappa shape index (κ2) is 7.63. The molecule has 0 aliphatic carbocycles. The lowest BCUT2D eigenvalue weighted by molar-refractivity contribution is 0.0951. The number of rotatable bonds is 6. The van der Waals surface area contributed by atoms with Crippen LogP contribution in [0.2, 0.25) is 0 Å². The van der Waals surface area contributed by atoms with Crippen LogP contribution in [0.25, 0.3) is 11.3 Å². The predicted molar refractivity (Wildman–Crippen MR) is 94.1 cm³/mol. The Kier molecular flexibility index (Phi) is 5.11. The first-order valence-electron chi connectivity index (χ1n) is 7.86. The minimum absolute atomic E-state index is 0.00551. The van der Waals surface area contributed by atoms with Crippen molar-refractivity contribution < 1.29 is 14.6 Å². The van der Waals surface area contributed by atoms with Gasteiger partial charge in [-0.25, -0.2) is 0 Å². The normalized spacial score (nSPS) is 10.5. The molecule has 0 unspecified atom stereocenters. The molecule has 128 valence electrons. The van der Waals surface area contributed by atoms with Crippen molar-refractivity contribution >= 4 is 5.91 Å². The molecule has 25 heavy (non-hydrogen) atoms. The Balaban J connectivity index is 1.73. The lowest BCUT2D eigenvalue weighted by Crippen LogP contribution is -2.23. The van der Waals surface area contributed by atoms with Crippen molar-refractivity contribution in [3.63, 3.8) is 0 Å². The molecule has 6 nitrogen and oxygen atoms in total. The molecular formula is C19H19N3O3. The number of amides is 1. The summed E-state index contributed by atoms with van der Waals surface area (Å²) in [5.74, 6) is 0.500. The summed E-state index contributed by atoms with van der Waals surface area (Å²) in [4.78, 5) is 12.5. The van der Waals surface area contributed by atoms with Gasteiger partial charge in [0, 0.05) is 12.1 Å². The molecule has 3 rings (SSSR count). The van der Waals surface area contributed by atoms with E-state index in [9.17, 15) is 4.79 Å². The fourth-order valence-electron chi connectivity index (χ4n) is 2.50. The molecule has 3 aromatic rings. The summed E-state index contributed by atoms with van der Waals surface area (Å²) in [6.07, 6.45) is 1.51. The van der Waals surface area contributed by atoms with Gasteiger partial charge >= 0.3 is 0 Å². The number of hydrogen-bond acceptors (Lipinski definition) is 4. The maximum atomic E-state index is 12.5. The molecule has 0 bridgehead atoms. The van der Waals surface area contributed by atoms with Gasteiger partial charge in [0.05, 0.1) is 31.2 Å². The average molecular weight is 337 g/mol. The molecule has 6 heteroatoms. The molecule has 0 radical (unpaired) electrons. The maximum Gasteiger partial charge on any atom is 0.255 e.